The van der Waals surface area contributed by atoms with E-state index in [1.54, 1.807) is 0 Å². The summed E-state index contributed by atoms with van der Waals surface area (Å²) < 4.78 is 1.82. The van der Waals surface area contributed by atoms with Crippen molar-refractivity contribution in [2.45, 2.75) is 51.6 Å². The van der Waals surface area contributed by atoms with Gasteiger partial charge in [-0.05, 0) is 50.7 Å². The highest BCUT2D eigenvalue weighted by atomic mass is 16.2. The number of hydrogen-bond acceptors (Lipinski definition) is 3. The number of nitrogens with zero attached hydrogens (tertiary/aromatic N) is 3. The lowest BCUT2D eigenvalue weighted by Crippen LogP contribution is -2.37. The van der Waals surface area contributed by atoms with Crippen molar-refractivity contribution in [2.24, 2.45) is 7.05 Å². The topological polar surface area (TPSA) is 50.2 Å². The molecule has 0 aliphatic heterocycles. The van der Waals surface area contributed by atoms with Gasteiger partial charge in [0.1, 0.15) is 0 Å². The molecule has 132 valence electrons. The van der Waals surface area contributed by atoms with Gasteiger partial charge in [0.05, 0.1) is 23.6 Å². The number of anilines is 1. The molecule has 0 bridgehead atoms. The number of rotatable bonds is 5. The zero-order chi connectivity index (χ0) is 17.6. The SMILES string of the molecule is Cc1nn(C)c(C)c1NC(=O)CN(C1CC1)[C@@H]1CCc2ccccc21. The fourth-order valence-corrected chi connectivity index (χ4v) is 4.08. The zero-order valence-corrected chi connectivity index (χ0v) is 15.2. The van der Waals surface area contributed by atoms with Crippen LogP contribution in [0, 0.1) is 13.8 Å². The van der Waals surface area contributed by atoms with Crippen LogP contribution < -0.4 is 5.32 Å². The normalized spacial score (nSPS) is 19.3. The number of benzene rings is 1. The monoisotopic (exact) mass is 338 g/mol. The summed E-state index contributed by atoms with van der Waals surface area (Å²) in [4.78, 5) is 15.2. The van der Waals surface area contributed by atoms with E-state index in [1.165, 1.54) is 24.0 Å². The van der Waals surface area contributed by atoms with E-state index in [-0.39, 0.29) is 5.91 Å². The molecule has 1 saturated carbocycles. The van der Waals surface area contributed by atoms with Gasteiger partial charge in [0.15, 0.2) is 0 Å². The first kappa shape index (κ1) is 16.3. The predicted octanol–water partition coefficient (Wildman–Crippen LogP) is 3.13. The summed E-state index contributed by atoms with van der Waals surface area (Å²) in [6.45, 7) is 4.38. The lowest BCUT2D eigenvalue weighted by atomic mass is 10.1. The molecule has 2 aromatic rings. The molecule has 0 unspecified atom stereocenters. The molecule has 1 atom stereocenters. The number of carbonyl (C=O) groups excluding carboxylic acids is 1. The maximum atomic E-state index is 12.7. The van der Waals surface area contributed by atoms with E-state index in [1.807, 2.05) is 25.6 Å². The van der Waals surface area contributed by atoms with Gasteiger partial charge in [0, 0.05) is 19.1 Å². The molecule has 1 amide bonds. The first-order chi connectivity index (χ1) is 12.0. The lowest BCUT2D eigenvalue weighted by Gasteiger charge is -2.29. The van der Waals surface area contributed by atoms with Crippen molar-refractivity contribution in [3.05, 3.63) is 46.8 Å². The van der Waals surface area contributed by atoms with Crippen LogP contribution in [0.2, 0.25) is 0 Å². The Morgan fingerprint density at radius 1 is 1.28 bits per heavy atom. The van der Waals surface area contributed by atoms with Crippen molar-refractivity contribution in [3.63, 3.8) is 0 Å². The van der Waals surface area contributed by atoms with Gasteiger partial charge in [0.25, 0.3) is 0 Å². The van der Waals surface area contributed by atoms with Crippen LogP contribution in [0.1, 0.15) is 47.8 Å². The summed E-state index contributed by atoms with van der Waals surface area (Å²) in [5.41, 5.74) is 5.58. The van der Waals surface area contributed by atoms with E-state index in [4.69, 9.17) is 0 Å². The Morgan fingerprint density at radius 3 is 2.72 bits per heavy atom. The minimum absolute atomic E-state index is 0.0653. The fourth-order valence-electron chi connectivity index (χ4n) is 4.08. The van der Waals surface area contributed by atoms with Gasteiger partial charge in [-0.1, -0.05) is 24.3 Å². The van der Waals surface area contributed by atoms with Crippen molar-refractivity contribution in [2.75, 3.05) is 11.9 Å². The zero-order valence-electron chi connectivity index (χ0n) is 15.2. The van der Waals surface area contributed by atoms with E-state index < -0.39 is 0 Å². The Bertz CT molecular complexity index is 806. The number of aryl methyl sites for hydroxylation is 3. The minimum Gasteiger partial charge on any atom is -0.322 e. The highest BCUT2D eigenvalue weighted by molar-refractivity contribution is 5.93. The highest BCUT2D eigenvalue weighted by Crippen LogP contribution is 2.41. The molecule has 5 heteroatoms. The van der Waals surface area contributed by atoms with Gasteiger partial charge >= 0.3 is 0 Å². The van der Waals surface area contributed by atoms with Crippen LogP contribution in [0.3, 0.4) is 0 Å². The quantitative estimate of drug-likeness (QED) is 0.911. The predicted molar refractivity (Wildman–Crippen MR) is 98.5 cm³/mol. The van der Waals surface area contributed by atoms with E-state index in [0.29, 0.717) is 18.6 Å². The van der Waals surface area contributed by atoms with Gasteiger partial charge in [-0.15, -0.1) is 0 Å². The van der Waals surface area contributed by atoms with Gasteiger partial charge in [0.2, 0.25) is 5.91 Å². The van der Waals surface area contributed by atoms with Crippen LogP contribution in [-0.4, -0.2) is 33.2 Å². The van der Waals surface area contributed by atoms with Crippen molar-refractivity contribution in [1.29, 1.82) is 0 Å². The molecular weight excluding hydrogens is 312 g/mol. The van der Waals surface area contributed by atoms with Crippen molar-refractivity contribution < 1.29 is 4.79 Å². The third-order valence-corrected chi connectivity index (χ3v) is 5.62. The van der Waals surface area contributed by atoms with Crippen LogP contribution in [0.25, 0.3) is 0 Å². The van der Waals surface area contributed by atoms with E-state index >= 15 is 0 Å². The number of fused-ring (bicyclic) bond motifs is 1. The van der Waals surface area contributed by atoms with E-state index in [9.17, 15) is 4.79 Å². The lowest BCUT2D eigenvalue weighted by molar-refractivity contribution is -0.118. The number of aromatic nitrogens is 2. The Morgan fingerprint density at radius 2 is 2.04 bits per heavy atom. The Balaban J connectivity index is 1.50. The van der Waals surface area contributed by atoms with E-state index in [2.05, 4.69) is 39.6 Å². The summed E-state index contributed by atoms with van der Waals surface area (Å²) in [5.74, 6) is 0.0653. The molecule has 1 N–H and O–H groups in total. The largest absolute Gasteiger partial charge is 0.322 e. The van der Waals surface area contributed by atoms with Crippen molar-refractivity contribution in [1.82, 2.24) is 14.7 Å². The summed E-state index contributed by atoms with van der Waals surface area (Å²) in [7, 11) is 1.91. The highest BCUT2D eigenvalue weighted by Gasteiger charge is 2.38. The molecule has 2 aliphatic rings. The minimum atomic E-state index is 0.0653. The maximum absolute atomic E-state index is 12.7. The van der Waals surface area contributed by atoms with Gasteiger partial charge < -0.3 is 5.32 Å². The smallest absolute Gasteiger partial charge is 0.238 e. The maximum Gasteiger partial charge on any atom is 0.238 e. The summed E-state index contributed by atoms with van der Waals surface area (Å²) in [6.07, 6.45) is 4.65. The third kappa shape index (κ3) is 3.09. The molecule has 0 spiro atoms. The molecule has 0 radical (unpaired) electrons. The van der Waals surface area contributed by atoms with Gasteiger partial charge in [-0.3, -0.25) is 14.4 Å². The average Bonchev–Trinajstić information content (AvgIpc) is 3.31. The van der Waals surface area contributed by atoms with Crippen LogP contribution in [-0.2, 0) is 18.3 Å². The number of hydrogen-bond donors (Lipinski definition) is 1. The fraction of sp³-hybridized carbons (Fsp3) is 0.500. The van der Waals surface area contributed by atoms with Crippen molar-refractivity contribution in [3.8, 4) is 0 Å². The second kappa shape index (κ2) is 6.30. The summed E-state index contributed by atoms with van der Waals surface area (Å²) >= 11 is 0. The number of carbonyl (C=O) groups is 1. The Labute approximate surface area is 149 Å². The van der Waals surface area contributed by atoms with Crippen LogP contribution >= 0.6 is 0 Å². The summed E-state index contributed by atoms with van der Waals surface area (Å²) in [6, 6.07) is 9.62. The molecule has 25 heavy (non-hydrogen) atoms. The van der Waals surface area contributed by atoms with Crippen molar-refractivity contribution >= 4 is 11.6 Å². The number of nitrogens with one attached hydrogen (secondary N) is 1. The van der Waals surface area contributed by atoms with E-state index in [0.717, 1.165) is 29.9 Å². The Kier molecular flexibility index (Phi) is 4.12. The molecular formula is C20H26N4O. The van der Waals surface area contributed by atoms with Crippen LogP contribution in [0.4, 0.5) is 5.69 Å². The van der Waals surface area contributed by atoms with Crippen LogP contribution in [0.5, 0.6) is 0 Å². The molecule has 1 fully saturated rings. The molecule has 4 rings (SSSR count). The third-order valence-electron chi connectivity index (χ3n) is 5.62. The molecule has 1 aromatic heterocycles. The van der Waals surface area contributed by atoms with Crippen LogP contribution in [0.15, 0.2) is 24.3 Å². The first-order valence-electron chi connectivity index (χ1n) is 9.18. The molecule has 1 heterocycles. The molecule has 1 aromatic carbocycles. The number of amides is 1. The second-order valence-electron chi connectivity index (χ2n) is 7.37. The average molecular weight is 338 g/mol. The molecule has 5 nitrogen and oxygen atoms in total. The standard InChI is InChI=1S/C20H26N4O/c1-13-20(14(2)23(3)22-13)21-19(25)12-24(16-9-10-16)18-11-8-15-6-4-5-7-17(15)18/h4-7,16,18H,8-12H2,1-3H3,(H,21,25)/t18-/m1/s1. The second-order valence-corrected chi connectivity index (χ2v) is 7.37. The van der Waals surface area contributed by atoms with Gasteiger partial charge in [-0.2, -0.15) is 5.10 Å². The first-order valence-corrected chi connectivity index (χ1v) is 9.18. The molecule has 0 saturated heterocycles. The van der Waals surface area contributed by atoms with Gasteiger partial charge in [-0.25, -0.2) is 0 Å². The summed E-state index contributed by atoms with van der Waals surface area (Å²) in [5, 5.41) is 7.48. The molecule has 2 aliphatic carbocycles. The Hall–Kier alpha value is -2.14.